The predicted octanol–water partition coefficient (Wildman–Crippen LogP) is 4.81. The summed E-state index contributed by atoms with van der Waals surface area (Å²) in [5.74, 6) is 2.00. The fourth-order valence-corrected chi connectivity index (χ4v) is 2.77. The van der Waals surface area contributed by atoms with Gasteiger partial charge in [0.05, 0.1) is 6.10 Å². The number of hydrogen-bond donors (Lipinski definition) is 0. The van der Waals surface area contributed by atoms with Crippen LogP contribution in [-0.4, -0.2) is 22.9 Å². The molecule has 0 aromatic heterocycles. The standard InChI is InChI=1S/C17H26O2S/c1-11(2)19-17-10-13(5)15(9-14(17)6)16(18)7-8-20-12(3)4/h9-12H,7-8H2,1-6H3. The lowest BCUT2D eigenvalue weighted by Crippen LogP contribution is -2.09. The van der Waals surface area contributed by atoms with E-state index in [-0.39, 0.29) is 11.9 Å². The van der Waals surface area contributed by atoms with Crippen molar-refractivity contribution in [2.75, 3.05) is 5.75 Å². The Morgan fingerprint density at radius 3 is 2.35 bits per heavy atom. The van der Waals surface area contributed by atoms with Gasteiger partial charge in [-0.1, -0.05) is 13.8 Å². The number of Topliss-reactive ketones (excluding diaryl/α,β-unsaturated/α-hetero) is 1. The lowest BCUT2D eigenvalue weighted by atomic mass is 10.00. The minimum atomic E-state index is 0.150. The fraction of sp³-hybridized carbons (Fsp3) is 0.588. The number of ether oxygens (including phenoxy) is 1. The van der Waals surface area contributed by atoms with E-state index in [1.807, 2.05) is 51.6 Å². The van der Waals surface area contributed by atoms with Crippen LogP contribution in [0.2, 0.25) is 0 Å². The summed E-state index contributed by atoms with van der Waals surface area (Å²) in [6.07, 6.45) is 0.755. The molecule has 0 aliphatic rings. The maximum absolute atomic E-state index is 12.3. The molecule has 1 aromatic rings. The van der Waals surface area contributed by atoms with E-state index in [1.54, 1.807) is 0 Å². The lowest BCUT2D eigenvalue weighted by Gasteiger charge is -2.15. The molecule has 0 radical (unpaired) electrons. The smallest absolute Gasteiger partial charge is 0.163 e. The van der Waals surface area contributed by atoms with Crippen molar-refractivity contribution in [3.8, 4) is 5.75 Å². The summed E-state index contributed by atoms with van der Waals surface area (Å²) in [6, 6.07) is 3.95. The van der Waals surface area contributed by atoms with Crippen molar-refractivity contribution in [3.63, 3.8) is 0 Å². The summed E-state index contributed by atoms with van der Waals surface area (Å²) < 4.78 is 5.76. The van der Waals surface area contributed by atoms with Crippen molar-refractivity contribution in [1.82, 2.24) is 0 Å². The topological polar surface area (TPSA) is 26.3 Å². The van der Waals surface area contributed by atoms with E-state index < -0.39 is 0 Å². The van der Waals surface area contributed by atoms with Crippen molar-refractivity contribution >= 4 is 17.5 Å². The average Bonchev–Trinajstić information content (AvgIpc) is 2.32. The summed E-state index contributed by atoms with van der Waals surface area (Å²) in [5.41, 5.74) is 2.87. The zero-order valence-corrected chi connectivity index (χ0v) is 14.3. The van der Waals surface area contributed by atoms with Gasteiger partial charge in [-0.2, -0.15) is 11.8 Å². The molecule has 0 heterocycles. The summed E-state index contributed by atoms with van der Waals surface area (Å²) in [6.45, 7) is 12.3. The van der Waals surface area contributed by atoms with E-state index in [0.717, 1.165) is 28.2 Å². The Balaban J connectivity index is 2.80. The molecule has 0 N–H and O–H groups in total. The monoisotopic (exact) mass is 294 g/mol. The zero-order valence-electron chi connectivity index (χ0n) is 13.4. The van der Waals surface area contributed by atoms with E-state index in [1.165, 1.54) is 0 Å². The van der Waals surface area contributed by atoms with Gasteiger partial charge in [0, 0.05) is 17.7 Å². The Hall–Kier alpha value is -0.960. The highest BCUT2D eigenvalue weighted by Crippen LogP contribution is 2.25. The molecule has 1 aromatic carbocycles. The Morgan fingerprint density at radius 2 is 1.80 bits per heavy atom. The molecule has 3 heteroatoms. The highest BCUT2D eigenvalue weighted by molar-refractivity contribution is 7.99. The third-order valence-electron chi connectivity index (χ3n) is 2.97. The van der Waals surface area contributed by atoms with Gasteiger partial charge in [-0.15, -0.1) is 0 Å². The SMILES string of the molecule is Cc1cc(C(=O)CCSC(C)C)c(C)cc1OC(C)C. The Morgan fingerprint density at radius 1 is 1.15 bits per heavy atom. The van der Waals surface area contributed by atoms with Crippen LogP contribution in [0.15, 0.2) is 12.1 Å². The molecule has 0 aliphatic heterocycles. The Labute approximate surface area is 127 Å². The zero-order chi connectivity index (χ0) is 15.3. The number of ketones is 1. The maximum Gasteiger partial charge on any atom is 0.163 e. The molecule has 0 saturated heterocycles. The summed E-state index contributed by atoms with van der Waals surface area (Å²) in [4.78, 5) is 12.3. The Kier molecular flexibility index (Phi) is 6.60. The molecular weight excluding hydrogens is 268 g/mol. The van der Waals surface area contributed by atoms with Gasteiger partial charge in [0.15, 0.2) is 5.78 Å². The van der Waals surface area contributed by atoms with Crippen molar-refractivity contribution in [3.05, 3.63) is 28.8 Å². The molecule has 0 saturated carbocycles. The molecule has 0 fully saturated rings. The number of aryl methyl sites for hydroxylation is 2. The molecule has 0 atom stereocenters. The van der Waals surface area contributed by atoms with Gasteiger partial charge < -0.3 is 4.74 Å². The Bertz CT molecular complexity index is 464. The molecule has 0 amide bonds. The normalized spacial score (nSPS) is 11.2. The van der Waals surface area contributed by atoms with Gasteiger partial charge in [0.2, 0.25) is 0 Å². The number of rotatable bonds is 7. The van der Waals surface area contributed by atoms with E-state index in [9.17, 15) is 4.79 Å². The molecule has 2 nitrogen and oxygen atoms in total. The second-order valence-corrected chi connectivity index (χ2v) is 7.38. The van der Waals surface area contributed by atoms with Crippen LogP contribution in [0.3, 0.4) is 0 Å². The summed E-state index contributed by atoms with van der Waals surface area (Å²) >= 11 is 1.83. The summed E-state index contributed by atoms with van der Waals surface area (Å²) in [7, 11) is 0. The highest BCUT2D eigenvalue weighted by Gasteiger charge is 2.13. The van der Waals surface area contributed by atoms with Crippen molar-refractivity contribution in [2.45, 2.75) is 59.3 Å². The molecule has 1 rings (SSSR count). The van der Waals surface area contributed by atoms with Gasteiger partial charge in [0.25, 0.3) is 0 Å². The number of benzene rings is 1. The molecule has 0 spiro atoms. The van der Waals surface area contributed by atoms with Crippen molar-refractivity contribution < 1.29 is 9.53 Å². The minimum Gasteiger partial charge on any atom is -0.491 e. The number of carbonyl (C=O) groups is 1. The largest absolute Gasteiger partial charge is 0.491 e. The van der Waals surface area contributed by atoms with Crippen LogP contribution in [0, 0.1) is 13.8 Å². The van der Waals surface area contributed by atoms with Crippen LogP contribution in [0.1, 0.15) is 55.6 Å². The third-order valence-corrected chi connectivity index (χ3v) is 4.07. The van der Waals surface area contributed by atoms with Gasteiger partial charge in [0.1, 0.15) is 5.75 Å². The third kappa shape index (κ3) is 5.20. The summed E-state index contributed by atoms with van der Waals surface area (Å²) in [5, 5.41) is 0.576. The first-order valence-electron chi connectivity index (χ1n) is 7.24. The van der Waals surface area contributed by atoms with Gasteiger partial charge >= 0.3 is 0 Å². The molecule has 112 valence electrons. The van der Waals surface area contributed by atoms with Crippen LogP contribution in [0.5, 0.6) is 5.75 Å². The van der Waals surface area contributed by atoms with Crippen LogP contribution in [0.25, 0.3) is 0 Å². The van der Waals surface area contributed by atoms with E-state index in [0.29, 0.717) is 11.7 Å². The van der Waals surface area contributed by atoms with E-state index in [2.05, 4.69) is 13.8 Å². The second-order valence-electron chi connectivity index (χ2n) is 5.69. The number of carbonyl (C=O) groups excluding carboxylic acids is 1. The van der Waals surface area contributed by atoms with Crippen molar-refractivity contribution in [2.24, 2.45) is 0 Å². The van der Waals surface area contributed by atoms with Gasteiger partial charge in [-0.3, -0.25) is 4.79 Å². The van der Waals surface area contributed by atoms with Crippen molar-refractivity contribution in [1.29, 1.82) is 0 Å². The molecule has 20 heavy (non-hydrogen) atoms. The molecule has 0 bridgehead atoms. The second kappa shape index (κ2) is 7.72. The highest BCUT2D eigenvalue weighted by atomic mass is 32.2. The maximum atomic E-state index is 12.3. The molecule has 0 unspecified atom stereocenters. The first-order valence-corrected chi connectivity index (χ1v) is 8.28. The lowest BCUT2D eigenvalue weighted by molar-refractivity contribution is 0.0989. The van der Waals surface area contributed by atoms with Gasteiger partial charge in [-0.25, -0.2) is 0 Å². The predicted molar refractivity (Wildman–Crippen MR) is 88.2 cm³/mol. The first kappa shape index (κ1) is 17.1. The van der Waals surface area contributed by atoms with Gasteiger partial charge in [-0.05, 0) is 56.2 Å². The first-order chi connectivity index (χ1) is 9.31. The minimum absolute atomic E-state index is 0.150. The van der Waals surface area contributed by atoms with Crippen LogP contribution in [0.4, 0.5) is 0 Å². The fourth-order valence-electron chi connectivity index (χ4n) is 1.99. The quantitative estimate of drug-likeness (QED) is 0.675. The molecular formula is C17H26O2S. The van der Waals surface area contributed by atoms with Crippen LogP contribution in [-0.2, 0) is 0 Å². The average molecular weight is 294 g/mol. The number of thioether (sulfide) groups is 1. The van der Waals surface area contributed by atoms with E-state index in [4.69, 9.17) is 4.74 Å². The molecule has 0 aliphatic carbocycles. The van der Waals surface area contributed by atoms with Crippen LogP contribution < -0.4 is 4.74 Å². The number of hydrogen-bond acceptors (Lipinski definition) is 3. The van der Waals surface area contributed by atoms with E-state index >= 15 is 0 Å². The van der Waals surface area contributed by atoms with Crippen LogP contribution >= 0.6 is 11.8 Å².